The van der Waals surface area contributed by atoms with Crippen LogP contribution >= 0.6 is 0 Å². The number of hydrogen-bond donors (Lipinski definition) is 0. The van der Waals surface area contributed by atoms with Crippen molar-refractivity contribution in [3.63, 3.8) is 0 Å². The first-order valence-electron chi connectivity index (χ1n) is 26.6. The van der Waals surface area contributed by atoms with Gasteiger partial charge in [-0.3, -0.25) is 0 Å². The first-order chi connectivity index (χ1) is 28.8. The lowest BCUT2D eigenvalue weighted by atomic mass is 10.1. The van der Waals surface area contributed by atoms with Crippen LogP contribution in [-0.2, 0) is 14.0 Å². The van der Waals surface area contributed by atoms with Crippen molar-refractivity contribution in [2.75, 3.05) is 19.8 Å². The zero-order valence-electron chi connectivity index (χ0n) is 40.1. The minimum atomic E-state index is -0.491. The Morgan fingerprint density at radius 2 is 0.397 bits per heavy atom. The van der Waals surface area contributed by atoms with Crippen LogP contribution in [-0.4, -0.2) is 27.1 Å². The monoisotopic (exact) mass is 813 g/mol. The highest BCUT2D eigenvalue weighted by Gasteiger charge is 2.20. The van der Waals surface area contributed by atoms with Gasteiger partial charge < -0.3 is 14.0 Å². The molecule has 0 aromatic carbocycles. The Kier molecular flexibility index (Phi) is 53.4. The van der Waals surface area contributed by atoms with Crippen molar-refractivity contribution in [3.05, 3.63) is 36.5 Å². The van der Waals surface area contributed by atoms with Crippen LogP contribution in [0.2, 0.25) is 0 Å². The van der Waals surface area contributed by atoms with Crippen molar-refractivity contribution in [3.8, 4) is 0 Å². The van der Waals surface area contributed by atoms with Gasteiger partial charge in [0.05, 0.1) is 0 Å². The molecule has 0 saturated heterocycles. The summed E-state index contributed by atoms with van der Waals surface area (Å²) in [7, 11) is -0.491. The van der Waals surface area contributed by atoms with Crippen LogP contribution in [0.15, 0.2) is 36.5 Å². The van der Waals surface area contributed by atoms with E-state index in [0.717, 1.165) is 39.1 Å². The van der Waals surface area contributed by atoms with E-state index < -0.39 is 7.32 Å². The summed E-state index contributed by atoms with van der Waals surface area (Å²) < 4.78 is 18.5. The summed E-state index contributed by atoms with van der Waals surface area (Å²) in [5.41, 5.74) is 0. The van der Waals surface area contributed by atoms with Crippen molar-refractivity contribution in [1.29, 1.82) is 0 Å². The average molecular weight is 813 g/mol. The summed E-state index contributed by atoms with van der Waals surface area (Å²) in [6.45, 7) is 9.11. The van der Waals surface area contributed by atoms with Crippen molar-refractivity contribution in [2.45, 2.75) is 290 Å². The number of allylic oxidation sites excluding steroid dienone is 6. The molecule has 0 aromatic heterocycles. The third kappa shape index (κ3) is 51.3. The lowest BCUT2D eigenvalue weighted by molar-refractivity contribution is 0.0885. The molecule has 0 fully saturated rings. The molecule has 342 valence electrons. The largest absolute Gasteiger partial charge is 0.639 e. The molecule has 3 nitrogen and oxygen atoms in total. The second-order valence-corrected chi connectivity index (χ2v) is 17.7. The van der Waals surface area contributed by atoms with Gasteiger partial charge in [0.15, 0.2) is 0 Å². The molecular formula is C54H105BO3. The third-order valence-corrected chi connectivity index (χ3v) is 11.7. The van der Waals surface area contributed by atoms with Gasteiger partial charge in [0, 0.05) is 19.8 Å². The van der Waals surface area contributed by atoms with E-state index in [1.165, 1.54) is 250 Å². The first kappa shape index (κ1) is 57.2. The molecule has 0 saturated carbocycles. The normalized spacial score (nSPS) is 12.1. The Morgan fingerprint density at radius 1 is 0.224 bits per heavy atom. The van der Waals surface area contributed by atoms with Gasteiger partial charge in [0.2, 0.25) is 0 Å². The second kappa shape index (κ2) is 54.2. The summed E-state index contributed by atoms with van der Waals surface area (Å²) in [6, 6.07) is 0. The highest BCUT2D eigenvalue weighted by Crippen LogP contribution is 2.14. The predicted molar refractivity (Wildman–Crippen MR) is 262 cm³/mol. The summed E-state index contributed by atoms with van der Waals surface area (Å²) in [4.78, 5) is 0. The average Bonchev–Trinajstić information content (AvgIpc) is 3.23. The van der Waals surface area contributed by atoms with Crippen LogP contribution in [0.4, 0.5) is 0 Å². The minimum Gasteiger partial charge on any atom is -0.386 e. The van der Waals surface area contributed by atoms with Gasteiger partial charge in [0.1, 0.15) is 0 Å². The number of rotatable bonds is 51. The summed E-state index contributed by atoms with van der Waals surface area (Å²) in [6.07, 6.45) is 70.3. The van der Waals surface area contributed by atoms with Gasteiger partial charge in [0.25, 0.3) is 0 Å². The highest BCUT2D eigenvalue weighted by molar-refractivity contribution is 6.36. The lowest BCUT2D eigenvalue weighted by Gasteiger charge is -2.15. The second-order valence-electron chi connectivity index (χ2n) is 17.7. The zero-order chi connectivity index (χ0) is 41.8. The molecule has 0 atom stereocenters. The van der Waals surface area contributed by atoms with Gasteiger partial charge in [-0.25, -0.2) is 0 Å². The zero-order valence-corrected chi connectivity index (χ0v) is 40.1. The molecule has 0 unspecified atom stereocenters. The van der Waals surface area contributed by atoms with Gasteiger partial charge in [-0.2, -0.15) is 0 Å². The third-order valence-electron chi connectivity index (χ3n) is 11.7. The van der Waals surface area contributed by atoms with E-state index in [4.69, 9.17) is 14.0 Å². The van der Waals surface area contributed by atoms with E-state index in [-0.39, 0.29) is 0 Å². The molecule has 0 aromatic rings. The Balaban J connectivity index is 4.05. The van der Waals surface area contributed by atoms with Crippen LogP contribution in [0.25, 0.3) is 0 Å². The van der Waals surface area contributed by atoms with Gasteiger partial charge >= 0.3 is 7.32 Å². The van der Waals surface area contributed by atoms with Crippen molar-refractivity contribution >= 4 is 7.32 Å². The molecule has 0 amide bonds. The fourth-order valence-corrected chi connectivity index (χ4v) is 7.73. The van der Waals surface area contributed by atoms with E-state index in [9.17, 15) is 0 Å². The van der Waals surface area contributed by atoms with E-state index in [1.54, 1.807) is 0 Å². The lowest BCUT2D eigenvalue weighted by Crippen LogP contribution is -2.28. The van der Waals surface area contributed by atoms with Crippen molar-refractivity contribution in [1.82, 2.24) is 0 Å². The van der Waals surface area contributed by atoms with Crippen LogP contribution < -0.4 is 0 Å². The summed E-state index contributed by atoms with van der Waals surface area (Å²) in [5, 5.41) is 0. The molecule has 0 bridgehead atoms. The number of hydrogen-bond acceptors (Lipinski definition) is 3. The highest BCUT2D eigenvalue weighted by atomic mass is 16.7. The summed E-state index contributed by atoms with van der Waals surface area (Å²) >= 11 is 0. The molecule has 58 heavy (non-hydrogen) atoms. The van der Waals surface area contributed by atoms with E-state index >= 15 is 0 Å². The fraction of sp³-hybridized carbons (Fsp3) is 0.889. The molecule has 0 rings (SSSR count). The SMILES string of the molecule is CCCCCCCC/C=C\CCCCCCCCOB(OCCCCCCCC/C=C\CCCCCCCC)OCCCCCCCC/C=C\CCCCCCCC. The molecule has 4 heteroatoms. The Morgan fingerprint density at radius 3 is 0.603 bits per heavy atom. The summed E-state index contributed by atoms with van der Waals surface area (Å²) in [5.74, 6) is 0. The standard InChI is InChI=1S/C54H105BO3/c1-4-7-10-13-16-19-22-25-28-31-34-37-40-43-46-49-52-56-55(57-53-50-47-44-41-38-35-32-29-26-23-20-17-14-11-8-5-2)58-54-51-48-45-42-39-36-33-30-27-24-21-18-15-12-9-6-3/h25-30H,4-24,31-54H2,1-3H3/b28-25-,29-26-,30-27-. The minimum absolute atomic E-state index is 0.491. The first-order valence-corrected chi connectivity index (χ1v) is 26.6. The van der Waals surface area contributed by atoms with Gasteiger partial charge in [-0.1, -0.05) is 231 Å². The molecule has 0 heterocycles. The number of unbranched alkanes of at least 4 members (excludes halogenated alkanes) is 36. The topological polar surface area (TPSA) is 27.7 Å². The molecular weight excluding hydrogens is 707 g/mol. The van der Waals surface area contributed by atoms with Crippen LogP contribution in [0.3, 0.4) is 0 Å². The smallest absolute Gasteiger partial charge is 0.386 e. The molecule has 0 aliphatic rings. The molecule has 0 aliphatic heterocycles. The van der Waals surface area contributed by atoms with Gasteiger partial charge in [-0.05, 0) is 96.3 Å². The molecule has 0 N–H and O–H groups in total. The van der Waals surface area contributed by atoms with Crippen LogP contribution in [0.5, 0.6) is 0 Å². The maximum absolute atomic E-state index is 6.15. The van der Waals surface area contributed by atoms with Crippen molar-refractivity contribution < 1.29 is 14.0 Å². The van der Waals surface area contributed by atoms with Crippen LogP contribution in [0, 0.1) is 0 Å². The van der Waals surface area contributed by atoms with E-state index in [2.05, 4.69) is 57.2 Å². The Hall–Kier alpha value is -0.835. The fourth-order valence-electron chi connectivity index (χ4n) is 7.73. The Labute approximate surface area is 366 Å². The maximum Gasteiger partial charge on any atom is 0.639 e. The Bertz CT molecular complexity index is 705. The predicted octanol–water partition coefficient (Wildman–Crippen LogP) is 19.1. The maximum atomic E-state index is 6.15. The molecule has 0 spiro atoms. The van der Waals surface area contributed by atoms with E-state index in [1.807, 2.05) is 0 Å². The van der Waals surface area contributed by atoms with Crippen molar-refractivity contribution in [2.24, 2.45) is 0 Å². The van der Waals surface area contributed by atoms with E-state index in [0.29, 0.717) is 0 Å². The quantitative estimate of drug-likeness (QED) is 0.0348. The van der Waals surface area contributed by atoms with Crippen LogP contribution in [0.1, 0.15) is 290 Å². The molecule has 0 aliphatic carbocycles. The van der Waals surface area contributed by atoms with Gasteiger partial charge in [-0.15, -0.1) is 0 Å². The molecule has 0 radical (unpaired) electrons.